The molecule has 0 atom stereocenters. The first-order chi connectivity index (χ1) is 7.87. The topological polar surface area (TPSA) is 66.6 Å². The zero-order valence-electron chi connectivity index (χ0n) is 10.9. The van der Waals surface area contributed by atoms with Crippen LogP contribution in [0.1, 0.15) is 12.8 Å². The molecule has 0 unspecified atom stereocenters. The summed E-state index contributed by atoms with van der Waals surface area (Å²) in [7, 11) is -0.868. The summed E-state index contributed by atoms with van der Waals surface area (Å²) in [6.07, 6.45) is 3.44. The quantitative estimate of drug-likeness (QED) is 0.692. The molecule has 0 amide bonds. The monoisotopic (exact) mass is 263 g/mol. The smallest absolute Gasteiger partial charge is 0.148 e. The van der Waals surface area contributed by atoms with Crippen molar-refractivity contribution in [3.05, 3.63) is 0 Å². The van der Waals surface area contributed by atoms with Crippen LogP contribution in [0.2, 0.25) is 0 Å². The Bertz CT molecular complexity index is 311. The molecule has 0 aromatic rings. The summed E-state index contributed by atoms with van der Waals surface area (Å²) in [5.41, 5.74) is 5.84. The number of hydrogen-bond donors (Lipinski definition) is 1. The zero-order chi connectivity index (χ0) is 12.9. The molecule has 1 aliphatic heterocycles. The lowest BCUT2D eigenvalue weighted by molar-refractivity contribution is 0.188. The van der Waals surface area contributed by atoms with Crippen molar-refractivity contribution < 1.29 is 8.42 Å². The lowest BCUT2D eigenvalue weighted by Crippen LogP contribution is -2.43. The molecule has 0 spiro atoms. The van der Waals surface area contributed by atoms with Gasteiger partial charge in [0.1, 0.15) is 9.84 Å². The maximum Gasteiger partial charge on any atom is 0.148 e. The Morgan fingerprint density at radius 1 is 1.29 bits per heavy atom. The summed E-state index contributed by atoms with van der Waals surface area (Å²) < 4.78 is 22.1. The van der Waals surface area contributed by atoms with Crippen LogP contribution < -0.4 is 5.73 Å². The summed E-state index contributed by atoms with van der Waals surface area (Å²) in [6.45, 7) is 4.69. The molecule has 0 radical (unpaired) electrons. The second-order valence-electron chi connectivity index (χ2n) is 5.11. The molecule has 1 heterocycles. The molecule has 102 valence electrons. The van der Waals surface area contributed by atoms with Crippen LogP contribution in [0, 0.1) is 0 Å². The Morgan fingerprint density at radius 3 is 2.41 bits per heavy atom. The van der Waals surface area contributed by atoms with E-state index in [1.54, 1.807) is 0 Å². The van der Waals surface area contributed by atoms with Crippen molar-refractivity contribution in [2.45, 2.75) is 18.9 Å². The first-order valence-electron chi connectivity index (χ1n) is 6.21. The third kappa shape index (κ3) is 6.98. The molecular weight excluding hydrogens is 238 g/mol. The van der Waals surface area contributed by atoms with Gasteiger partial charge in [-0.15, -0.1) is 0 Å². The summed E-state index contributed by atoms with van der Waals surface area (Å²) in [6, 6.07) is 0.370. The highest BCUT2D eigenvalue weighted by Gasteiger charge is 2.16. The van der Waals surface area contributed by atoms with Gasteiger partial charge in [-0.25, -0.2) is 8.42 Å². The molecular formula is C11H25N3O2S. The molecule has 1 fully saturated rings. The number of nitrogens with zero attached hydrogens (tertiary/aromatic N) is 2. The zero-order valence-corrected chi connectivity index (χ0v) is 11.7. The molecule has 1 rings (SSSR count). The number of rotatable bonds is 6. The van der Waals surface area contributed by atoms with E-state index >= 15 is 0 Å². The predicted octanol–water partition coefficient (Wildman–Crippen LogP) is -0.614. The summed E-state index contributed by atoms with van der Waals surface area (Å²) in [4.78, 5) is 4.48. The Morgan fingerprint density at radius 2 is 1.88 bits per heavy atom. The van der Waals surface area contributed by atoms with E-state index in [1.807, 2.05) is 7.05 Å². The first kappa shape index (κ1) is 14.9. The highest BCUT2D eigenvalue weighted by atomic mass is 32.2. The van der Waals surface area contributed by atoms with Gasteiger partial charge in [-0.2, -0.15) is 0 Å². The van der Waals surface area contributed by atoms with Crippen molar-refractivity contribution in [1.82, 2.24) is 9.80 Å². The van der Waals surface area contributed by atoms with Gasteiger partial charge in [0.25, 0.3) is 0 Å². The van der Waals surface area contributed by atoms with E-state index in [4.69, 9.17) is 5.73 Å². The molecule has 1 saturated heterocycles. The minimum atomic E-state index is -2.84. The van der Waals surface area contributed by atoms with E-state index in [0.29, 0.717) is 12.6 Å². The lowest BCUT2D eigenvalue weighted by atomic mass is 10.1. The molecule has 0 bridgehead atoms. The largest absolute Gasteiger partial charge is 0.328 e. The summed E-state index contributed by atoms with van der Waals surface area (Å²) >= 11 is 0. The Labute approximate surface area is 105 Å². The molecule has 0 aliphatic carbocycles. The van der Waals surface area contributed by atoms with Crippen molar-refractivity contribution in [3.8, 4) is 0 Å². The van der Waals surface area contributed by atoms with Gasteiger partial charge >= 0.3 is 0 Å². The van der Waals surface area contributed by atoms with Gasteiger partial charge in [-0.05, 0) is 33.0 Å². The summed E-state index contributed by atoms with van der Waals surface area (Å²) in [5.74, 6) is 0.244. The van der Waals surface area contributed by atoms with E-state index in [9.17, 15) is 8.42 Å². The van der Waals surface area contributed by atoms with Crippen LogP contribution in [0.5, 0.6) is 0 Å². The fraction of sp³-hybridized carbons (Fsp3) is 1.00. The van der Waals surface area contributed by atoms with E-state index in [1.165, 1.54) is 6.26 Å². The first-order valence-corrected chi connectivity index (χ1v) is 8.27. The van der Waals surface area contributed by atoms with Crippen LogP contribution in [0.4, 0.5) is 0 Å². The minimum Gasteiger partial charge on any atom is -0.328 e. The van der Waals surface area contributed by atoms with Crippen LogP contribution in [-0.2, 0) is 9.84 Å². The fourth-order valence-electron chi connectivity index (χ4n) is 1.92. The van der Waals surface area contributed by atoms with Crippen molar-refractivity contribution in [3.63, 3.8) is 0 Å². The Kier molecular flexibility index (Phi) is 5.85. The molecule has 6 heteroatoms. The standard InChI is InChI=1S/C11H25N3O2S/c1-13(9-10-17(2,15)16)7-8-14-5-3-11(12)4-6-14/h11H,3-10,12H2,1-2H3. The van der Waals surface area contributed by atoms with Gasteiger partial charge < -0.3 is 15.5 Å². The van der Waals surface area contributed by atoms with Crippen molar-refractivity contribution in [2.75, 3.05) is 51.8 Å². The van der Waals surface area contributed by atoms with Crippen LogP contribution >= 0.6 is 0 Å². The minimum absolute atomic E-state index is 0.244. The second kappa shape index (κ2) is 6.68. The maximum atomic E-state index is 11.0. The highest BCUT2D eigenvalue weighted by molar-refractivity contribution is 7.90. The number of sulfone groups is 1. The van der Waals surface area contributed by atoms with E-state index < -0.39 is 9.84 Å². The third-order valence-electron chi connectivity index (χ3n) is 3.27. The number of likely N-dealkylation sites (tertiary alicyclic amines) is 1. The number of piperidine rings is 1. The second-order valence-corrected chi connectivity index (χ2v) is 7.37. The van der Waals surface area contributed by atoms with Crippen LogP contribution in [0.15, 0.2) is 0 Å². The maximum absolute atomic E-state index is 11.0. The predicted molar refractivity (Wildman–Crippen MR) is 70.9 cm³/mol. The Balaban J connectivity index is 2.13. The van der Waals surface area contributed by atoms with Crippen molar-refractivity contribution in [2.24, 2.45) is 5.73 Å². The van der Waals surface area contributed by atoms with Crippen LogP contribution in [-0.4, -0.2) is 76.0 Å². The van der Waals surface area contributed by atoms with E-state index in [-0.39, 0.29) is 5.75 Å². The SMILES string of the molecule is CN(CCN1CCC(N)CC1)CCS(C)(=O)=O. The van der Waals surface area contributed by atoms with Crippen LogP contribution in [0.3, 0.4) is 0 Å². The number of likely N-dealkylation sites (N-methyl/N-ethyl adjacent to an activating group) is 1. The van der Waals surface area contributed by atoms with Crippen molar-refractivity contribution in [1.29, 1.82) is 0 Å². The van der Waals surface area contributed by atoms with Gasteiger partial charge in [-0.3, -0.25) is 0 Å². The molecule has 0 aromatic carbocycles. The Hall–Kier alpha value is -0.170. The third-order valence-corrected chi connectivity index (χ3v) is 4.20. The molecule has 5 nitrogen and oxygen atoms in total. The molecule has 2 N–H and O–H groups in total. The van der Waals surface area contributed by atoms with Crippen molar-refractivity contribution >= 4 is 9.84 Å². The van der Waals surface area contributed by atoms with Gasteiger partial charge in [-0.1, -0.05) is 0 Å². The molecule has 0 saturated carbocycles. The lowest BCUT2D eigenvalue weighted by Gasteiger charge is -2.31. The number of hydrogen-bond acceptors (Lipinski definition) is 5. The van der Waals surface area contributed by atoms with Gasteiger partial charge in [0.2, 0.25) is 0 Å². The number of nitrogens with two attached hydrogens (primary N) is 1. The average Bonchev–Trinajstić information content (AvgIpc) is 2.25. The normalized spacial score (nSPS) is 20.0. The summed E-state index contributed by atoms with van der Waals surface area (Å²) in [5, 5.41) is 0. The average molecular weight is 263 g/mol. The fourth-order valence-corrected chi connectivity index (χ4v) is 2.57. The van der Waals surface area contributed by atoms with Gasteiger partial charge in [0.15, 0.2) is 0 Å². The highest BCUT2D eigenvalue weighted by Crippen LogP contribution is 2.07. The van der Waals surface area contributed by atoms with Gasteiger partial charge in [0.05, 0.1) is 5.75 Å². The molecule has 17 heavy (non-hydrogen) atoms. The van der Waals surface area contributed by atoms with Gasteiger partial charge in [0, 0.05) is 31.9 Å². The molecule has 0 aromatic heterocycles. The molecule has 1 aliphatic rings. The van der Waals surface area contributed by atoms with E-state index in [0.717, 1.165) is 39.0 Å². The van der Waals surface area contributed by atoms with E-state index in [2.05, 4.69) is 9.80 Å². The van der Waals surface area contributed by atoms with Crippen LogP contribution in [0.25, 0.3) is 0 Å².